The quantitative estimate of drug-likeness (QED) is 0.639. The molecule has 1 amide bonds. The molecule has 0 aliphatic rings. The Balaban J connectivity index is 1.97. The fourth-order valence-electron chi connectivity index (χ4n) is 2.30. The Morgan fingerprint density at radius 1 is 1.00 bits per heavy atom. The van der Waals surface area contributed by atoms with E-state index in [0.29, 0.717) is 23.8 Å². The van der Waals surface area contributed by atoms with Crippen molar-refractivity contribution < 1.29 is 28.5 Å². The SMILES string of the molecule is COc1cc(C(=O)OCC(=O)NCc2ccccc2Br)cc(OC)c1OC. The molecule has 8 heteroatoms. The maximum Gasteiger partial charge on any atom is 0.338 e. The summed E-state index contributed by atoms with van der Waals surface area (Å²) in [5.74, 6) is -0.0797. The van der Waals surface area contributed by atoms with E-state index in [-0.39, 0.29) is 5.56 Å². The number of rotatable bonds is 8. The van der Waals surface area contributed by atoms with Crippen molar-refractivity contribution >= 4 is 27.8 Å². The highest BCUT2D eigenvalue weighted by atomic mass is 79.9. The van der Waals surface area contributed by atoms with E-state index in [1.807, 2.05) is 24.3 Å². The van der Waals surface area contributed by atoms with Crippen LogP contribution in [0.15, 0.2) is 40.9 Å². The molecule has 0 aromatic heterocycles. The number of hydrogen-bond acceptors (Lipinski definition) is 6. The average Bonchev–Trinajstić information content (AvgIpc) is 2.70. The minimum absolute atomic E-state index is 0.183. The Morgan fingerprint density at radius 3 is 2.19 bits per heavy atom. The lowest BCUT2D eigenvalue weighted by atomic mass is 10.2. The molecule has 0 heterocycles. The van der Waals surface area contributed by atoms with E-state index in [9.17, 15) is 9.59 Å². The van der Waals surface area contributed by atoms with Gasteiger partial charge < -0.3 is 24.3 Å². The summed E-state index contributed by atoms with van der Waals surface area (Å²) >= 11 is 3.41. The molecule has 0 unspecified atom stereocenters. The van der Waals surface area contributed by atoms with E-state index in [0.717, 1.165) is 10.0 Å². The molecule has 0 saturated heterocycles. The monoisotopic (exact) mass is 437 g/mol. The lowest BCUT2D eigenvalue weighted by Gasteiger charge is -2.13. The molecule has 0 fully saturated rings. The van der Waals surface area contributed by atoms with Gasteiger partial charge in [-0.15, -0.1) is 0 Å². The van der Waals surface area contributed by atoms with Crippen molar-refractivity contribution in [2.24, 2.45) is 0 Å². The molecule has 0 aliphatic carbocycles. The van der Waals surface area contributed by atoms with Crippen LogP contribution >= 0.6 is 15.9 Å². The van der Waals surface area contributed by atoms with E-state index >= 15 is 0 Å². The minimum atomic E-state index is -0.676. The van der Waals surface area contributed by atoms with Crippen LogP contribution in [0, 0.1) is 0 Å². The molecule has 27 heavy (non-hydrogen) atoms. The number of nitrogens with one attached hydrogen (secondary N) is 1. The number of amides is 1. The van der Waals surface area contributed by atoms with Crippen LogP contribution in [0.4, 0.5) is 0 Å². The molecule has 0 saturated carbocycles. The van der Waals surface area contributed by atoms with Gasteiger partial charge in [-0.2, -0.15) is 0 Å². The van der Waals surface area contributed by atoms with Gasteiger partial charge >= 0.3 is 5.97 Å². The number of carbonyl (C=O) groups excluding carboxylic acids is 2. The first kappa shape index (κ1) is 20.6. The summed E-state index contributed by atoms with van der Waals surface area (Å²) in [6, 6.07) is 10.4. The molecule has 2 rings (SSSR count). The number of ether oxygens (including phenoxy) is 4. The standard InChI is InChI=1S/C19H20BrNO6/c1-24-15-8-13(9-16(25-2)18(15)26-3)19(23)27-11-17(22)21-10-12-6-4-5-7-14(12)20/h4-9H,10-11H2,1-3H3,(H,21,22). The van der Waals surface area contributed by atoms with Gasteiger partial charge in [-0.3, -0.25) is 4.79 Å². The summed E-state index contributed by atoms with van der Waals surface area (Å²) in [5.41, 5.74) is 1.10. The van der Waals surface area contributed by atoms with Gasteiger partial charge in [0.2, 0.25) is 5.75 Å². The number of benzene rings is 2. The van der Waals surface area contributed by atoms with Crippen molar-refractivity contribution in [1.29, 1.82) is 0 Å². The fourth-order valence-corrected chi connectivity index (χ4v) is 2.72. The maximum atomic E-state index is 12.3. The van der Waals surface area contributed by atoms with Gasteiger partial charge in [-0.1, -0.05) is 34.1 Å². The van der Waals surface area contributed by atoms with Crippen LogP contribution in [0.1, 0.15) is 15.9 Å². The molecule has 0 spiro atoms. The topological polar surface area (TPSA) is 83.1 Å². The van der Waals surface area contributed by atoms with Crippen molar-refractivity contribution in [3.63, 3.8) is 0 Å². The Hall–Kier alpha value is -2.74. The summed E-state index contributed by atoms with van der Waals surface area (Å²) < 4.78 is 21.6. The third kappa shape index (κ3) is 5.37. The molecule has 144 valence electrons. The molecular formula is C19H20BrNO6. The van der Waals surface area contributed by atoms with Crippen molar-refractivity contribution in [3.8, 4) is 17.2 Å². The van der Waals surface area contributed by atoms with E-state index < -0.39 is 18.5 Å². The summed E-state index contributed by atoms with van der Waals surface area (Å²) in [6.07, 6.45) is 0. The van der Waals surface area contributed by atoms with Crippen LogP contribution in [-0.4, -0.2) is 39.8 Å². The zero-order valence-electron chi connectivity index (χ0n) is 15.2. The Labute approximate surface area is 165 Å². The number of carbonyl (C=O) groups is 2. The zero-order chi connectivity index (χ0) is 19.8. The van der Waals surface area contributed by atoms with Crippen LogP contribution in [-0.2, 0) is 16.1 Å². The van der Waals surface area contributed by atoms with Crippen LogP contribution in [0.3, 0.4) is 0 Å². The predicted octanol–water partition coefficient (Wildman–Crippen LogP) is 2.95. The zero-order valence-corrected chi connectivity index (χ0v) is 16.8. The van der Waals surface area contributed by atoms with Gasteiger partial charge in [0.25, 0.3) is 5.91 Å². The van der Waals surface area contributed by atoms with Gasteiger partial charge in [-0.25, -0.2) is 4.79 Å². The van der Waals surface area contributed by atoms with Crippen LogP contribution < -0.4 is 19.5 Å². The highest BCUT2D eigenvalue weighted by molar-refractivity contribution is 9.10. The fraction of sp³-hybridized carbons (Fsp3) is 0.263. The lowest BCUT2D eigenvalue weighted by molar-refractivity contribution is -0.124. The van der Waals surface area contributed by atoms with Crippen molar-refractivity contribution in [3.05, 3.63) is 52.0 Å². The molecular weight excluding hydrogens is 418 g/mol. The first-order valence-electron chi connectivity index (χ1n) is 7.97. The van der Waals surface area contributed by atoms with Crippen molar-refractivity contribution in [1.82, 2.24) is 5.32 Å². The molecule has 2 aromatic carbocycles. The van der Waals surface area contributed by atoms with Crippen molar-refractivity contribution in [2.75, 3.05) is 27.9 Å². The van der Waals surface area contributed by atoms with E-state index in [2.05, 4.69) is 21.2 Å². The summed E-state index contributed by atoms with van der Waals surface area (Å²) in [4.78, 5) is 24.2. The Bertz CT molecular complexity index is 799. The number of methoxy groups -OCH3 is 3. The highest BCUT2D eigenvalue weighted by Crippen LogP contribution is 2.38. The summed E-state index contributed by atoms with van der Waals surface area (Å²) in [7, 11) is 4.36. The minimum Gasteiger partial charge on any atom is -0.493 e. The third-order valence-corrected chi connectivity index (χ3v) is 4.44. The smallest absolute Gasteiger partial charge is 0.338 e. The molecule has 1 N–H and O–H groups in total. The van der Waals surface area contributed by atoms with E-state index in [1.165, 1.54) is 33.5 Å². The van der Waals surface area contributed by atoms with Crippen LogP contribution in [0.2, 0.25) is 0 Å². The second-order valence-corrected chi connectivity index (χ2v) is 6.21. The number of hydrogen-bond donors (Lipinski definition) is 1. The predicted molar refractivity (Wildman–Crippen MR) is 102 cm³/mol. The van der Waals surface area contributed by atoms with Gasteiger partial charge in [-0.05, 0) is 23.8 Å². The second kappa shape index (κ2) is 9.82. The second-order valence-electron chi connectivity index (χ2n) is 5.36. The molecule has 0 bridgehead atoms. The average molecular weight is 438 g/mol. The first-order chi connectivity index (χ1) is 13.0. The molecule has 2 aromatic rings. The van der Waals surface area contributed by atoms with Gasteiger partial charge in [0.05, 0.1) is 26.9 Å². The van der Waals surface area contributed by atoms with E-state index in [4.69, 9.17) is 18.9 Å². The van der Waals surface area contributed by atoms with Crippen LogP contribution in [0.25, 0.3) is 0 Å². The van der Waals surface area contributed by atoms with Gasteiger partial charge in [0.1, 0.15) is 0 Å². The molecule has 7 nitrogen and oxygen atoms in total. The van der Waals surface area contributed by atoms with Crippen LogP contribution in [0.5, 0.6) is 17.2 Å². The molecule has 0 atom stereocenters. The normalized spacial score (nSPS) is 10.1. The van der Waals surface area contributed by atoms with E-state index in [1.54, 1.807) is 0 Å². The number of esters is 1. The molecule has 0 radical (unpaired) electrons. The van der Waals surface area contributed by atoms with Gasteiger partial charge in [0.15, 0.2) is 18.1 Å². The lowest BCUT2D eigenvalue weighted by Crippen LogP contribution is -2.28. The number of halogens is 1. The largest absolute Gasteiger partial charge is 0.493 e. The highest BCUT2D eigenvalue weighted by Gasteiger charge is 2.18. The summed E-state index contributed by atoms with van der Waals surface area (Å²) in [5, 5.41) is 2.69. The molecule has 0 aliphatic heterocycles. The third-order valence-electron chi connectivity index (χ3n) is 3.67. The van der Waals surface area contributed by atoms with Gasteiger partial charge in [0, 0.05) is 11.0 Å². The first-order valence-corrected chi connectivity index (χ1v) is 8.76. The maximum absolute atomic E-state index is 12.3. The Kier molecular flexibility index (Phi) is 7.48. The Morgan fingerprint density at radius 2 is 1.63 bits per heavy atom. The van der Waals surface area contributed by atoms with Crippen molar-refractivity contribution in [2.45, 2.75) is 6.54 Å². The summed E-state index contributed by atoms with van der Waals surface area (Å²) in [6.45, 7) is -0.0814.